The van der Waals surface area contributed by atoms with Crippen molar-refractivity contribution >= 4 is 26.7 Å². The maximum Gasteiger partial charge on any atom is 0.307 e. The van der Waals surface area contributed by atoms with Crippen LogP contribution in [0.3, 0.4) is 0 Å². The van der Waals surface area contributed by atoms with Crippen molar-refractivity contribution in [2.45, 2.75) is 12.7 Å². The normalized spacial score (nSPS) is 13.2. The molecule has 0 aliphatic carbocycles. The Bertz CT molecular complexity index is 740. The molecular weight excluding hydrogens is 278 g/mol. The van der Waals surface area contributed by atoms with E-state index in [2.05, 4.69) is 4.98 Å². The number of carboxylic acid groups (broad SMARTS) is 1. The zero-order chi connectivity index (χ0) is 14.8. The number of sulfone groups is 1. The smallest absolute Gasteiger partial charge is 0.307 e. The quantitative estimate of drug-likeness (QED) is 0.909. The van der Waals surface area contributed by atoms with Gasteiger partial charge in [-0.15, -0.1) is 0 Å². The molecule has 1 heterocycles. The van der Waals surface area contributed by atoms with Crippen LogP contribution in [0.2, 0.25) is 0 Å². The van der Waals surface area contributed by atoms with E-state index in [-0.39, 0.29) is 11.5 Å². The first-order chi connectivity index (χ1) is 9.37. The molecule has 6 heteroatoms. The molecule has 1 unspecified atom stereocenters. The van der Waals surface area contributed by atoms with Gasteiger partial charge in [-0.1, -0.05) is 31.2 Å². The van der Waals surface area contributed by atoms with Crippen molar-refractivity contribution in [1.29, 1.82) is 0 Å². The molecule has 0 amide bonds. The number of fused-ring (bicyclic) bond motifs is 1. The molecule has 1 N–H and O–H groups in total. The summed E-state index contributed by atoms with van der Waals surface area (Å²) >= 11 is 0. The lowest BCUT2D eigenvalue weighted by molar-refractivity contribution is -0.140. The number of nitrogens with zero attached hydrogens (tertiary/aromatic N) is 1. The standard InChI is InChI=1S/C14H15NO4S/c1-10(14(16)17)8-20(18,19)9-12-7-6-11-4-2-3-5-13(11)15-12/h2-7,10H,8-9H2,1H3,(H,16,17). The van der Waals surface area contributed by atoms with E-state index in [1.54, 1.807) is 6.07 Å². The molecule has 0 aliphatic rings. The second-order valence-corrected chi connectivity index (χ2v) is 6.90. The lowest BCUT2D eigenvalue weighted by Crippen LogP contribution is -2.22. The summed E-state index contributed by atoms with van der Waals surface area (Å²) in [6.45, 7) is 1.38. The summed E-state index contributed by atoms with van der Waals surface area (Å²) in [5.41, 5.74) is 1.16. The highest BCUT2D eigenvalue weighted by molar-refractivity contribution is 7.90. The first-order valence-corrected chi connectivity index (χ1v) is 7.97. The Morgan fingerprint density at radius 3 is 2.65 bits per heavy atom. The van der Waals surface area contributed by atoms with Crippen molar-refractivity contribution in [3.05, 3.63) is 42.1 Å². The zero-order valence-corrected chi connectivity index (χ0v) is 11.8. The number of aliphatic carboxylic acids is 1. The number of hydrogen-bond acceptors (Lipinski definition) is 4. The van der Waals surface area contributed by atoms with E-state index in [0.717, 1.165) is 10.9 Å². The predicted octanol–water partition coefficient (Wildman–Crippen LogP) is 1.87. The molecule has 20 heavy (non-hydrogen) atoms. The number of rotatable bonds is 5. The van der Waals surface area contributed by atoms with Crippen LogP contribution in [0.1, 0.15) is 12.6 Å². The molecule has 0 saturated heterocycles. The van der Waals surface area contributed by atoms with Crippen LogP contribution in [0.4, 0.5) is 0 Å². The fourth-order valence-corrected chi connectivity index (χ4v) is 3.56. The van der Waals surface area contributed by atoms with Crippen molar-refractivity contribution in [1.82, 2.24) is 4.98 Å². The third-order valence-corrected chi connectivity index (χ3v) is 4.69. The Balaban J connectivity index is 2.21. The van der Waals surface area contributed by atoms with Crippen LogP contribution in [0.25, 0.3) is 10.9 Å². The molecule has 0 aliphatic heterocycles. The summed E-state index contributed by atoms with van der Waals surface area (Å²) in [6.07, 6.45) is 0. The second kappa shape index (κ2) is 5.58. The number of aromatic nitrogens is 1. The van der Waals surface area contributed by atoms with Gasteiger partial charge < -0.3 is 5.11 Å². The van der Waals surface area contributed by atoms with E-state index in [1.165, 1.54) is 6.92 Å². The minimum absolute atomic E-state index is 0.241. The van der Waals surface area contributed by atoms with Gasteiger partial charge in [-0.3, -0.25) is 9.78 Å². The molecule has 5 nitrogen and oxygen atoms in total. The number of carbonyl (C=O) groups is 1. The first kappa shape index (κ1) is 14.5. The van der Waals surface area contributed by atoms with E-state index in [4.69, 9.17) is 5.11 Å². The summed E-state index contributed by atoms with van der Waals surface area (Å²) in [5, 5.41) is 9.71. The van der Waals surface area contributed by atoms with Crippen LogP contribution in [0.15, 0.2) is 36.4 Å². The van der Waals surface area contributed by atoms with Crippen molar-refractivity contribution in [2.75, 3.05) is 5.75 Å². The Kier molecular flexibility index (Phi) is 4.04. The number of para-hydroxylation sites is 1. The minimum atomic E-state index is -3.49. The summed E-state index contributed by atoms with van der Waals surface area (Å²) in [6, 6.07) is 10.9. The van der Waals surface area contributed by atoms with Gasteiger partial charge in [-0.2, -0.15) is 0 Å². The molecule has 106 valence electrons. The third kappa shape index (κ3) is 3.54. The van der Waals surface area contributed by atoms with Crippen LogP contribution in [-0.4, -0.2) is 30.2 Å². The number of pyridine rings is 1. The molecule has 2 rings (SSSR count). The van der Waals surface area contributed by atoms with E-state index in [0.29, 0.717) is 5.69 Å². The average molecular weight is 293 g/mol. The molecule has 1 aromatic carbocycles. The van der Waals surface area contributed by atoms with Gasteiger partial charge in [0.15, 0.2) is 9.84 Å². The minimum Gasteiger partial charge on any atom is -0.481 e. The van der Waals surface area contributed by atoms with Crippen molar-refractivity contribution in [3.63, 3.8) is 0 Å². The van der Waals surface area contributed by atoms with Crippen LogP contribution in [-0.2, 0) is 20.4 Å². The first-order valence-electron chi connectivity index (χ1n) is 6.15. The van der Waals surface area contributed by atoms with Crippen molar-refractivity contribution in [2.24, 2.45) is 5.92 Å². The van der Waals surface area contributed by atoms with Crippen LogP contribution < -0.4 is 0 Å². The fourth-order valence-electron chi connectivity index (χ4n) is 1.93. The molecule has 0 bridgehead atoms. The largest absolute Gasteiger partial charge is 0.481 e. The van der Waals surface area contributed by atoms with Gasteiger partial charge >= 0.3 is 5.97 Å². The molecule has 1 atom stereocenters. The van der Waals surface area contributed by atoms with Crippen LogP contribution >= 0.6 is 0 Å². The Hall–Kier alpha value is -1.95. The molecule has 2 aromatic rings. The van der Waals surface area contributed by atoms with Gasteiger partial charge in [0.2, 0.25) is 0 Å². The highest BCUT2D eigenvalue weighted by atomic mass is 32.2. The molecule has 0 saturated carbocycles. The third-order valence-electron chi connectivity index (χ3n) is 2.95. The van der Waals surface area contributed by atoms with Gasteiger partial charge in [-0.05, 0) is 12.1 Å². The van der Waals surface area contributed by atoms with Gasteiger partial charge in [0.25, 0.3) is 0 Å². The average Bonchev–Trinajstić information content (AvgIpc) is 2.37. The van der Waals surface area contributed by atoms with Gasteiger partial charge in [0.05, 0.1) is 28.6 Å². The molecule has 0 radical (unpaired) electrons. The van der Waals surface area contributed by atoms with Crippen LogP contribution in [0.5, 0.6) is 0 Å². The summed E-state index contributed by atoms with van der Waals surface area (Å²) < 4.78 is 23.9. The van der Waals surface area contributed by atoms with E-state index >= 15 is 0 Å². The number of carboxylic acids is 1. The zero-order valence-electron chi connectivity index (χ0n) is 11.0. The number of hydrogen-bond donors (Lipinski definition) is 1. The molecular formula is C14H15NO4S. The summed E-state index contributed by atoms with van der Waals surface area (Å²) in [7, 11) is -3.49. The Morgan fingerprint density at radius 1 is 1.25 bits per heavy atom. The van der Waals surface area contributed by atoms with E-state index in [9.17, 15) is 13.2 Å². The van der Waals surface area contributed by atoms with Gasteiger partial charge in [0, 0.05) is 5.39 Å². The van der Waals surface area contributed by atoms with Crippen LogP contribution in [0, 0.1) is 5.92 Å². The summed E-state index contributed by atoms with van der Waals surface area (Å²) in [4.78, 5) is 15.0. The maximum atomic E-state index is 11.9. The van der Waals surface area contributed by atoms with Gasteiger partial charge in [0.1, 0.15) is 0 Å². The van der Waals surface area contributed by atoms with E-state index in [1.807, 2.05) is 30.3 Å². The second-order valence-electron chi connectivity index (χ2n) is 4.79. The van der Waals surface area contributed by atoms with Gasteiger partial charge in [-0.25, -0.2) is 8.42 Å². The fraction of sp³-hybridized carbons (Fsp3) is 0.286. The lowest BCUT2D eigenvalue weighted by Gasteiger charge is -2.08. The highest BCUT2D eigenvalue weighted by Crippen LogP contribution is 2.14. The predicted molar refractivity (Wildman–Crippen MR) is 76.0 cm³/mol. The number of benzene rings is 1. The molecule has 0 spiro atoms. The van der Waals surface area contributed by atoms with Crippen molar-refractivity contribution in [3.8, 4) is 0 Å². The Labute approximate surface area is 117 Å². The Morgan fingerprint density at radius 2 is 1.95 bits per heavy atom. The topological polar surface area (TPSA) is 84.3 Å². The van der Waals surface area contributed by atoms with E-state index < -0.39 is 21.7 Å². The highest BCUT2D eigenvalue weighted by Gasteiger charge is 2.21. The lowest BCUT2D eigenvalue weighted by atomic mass is 10.2. The SMILES string of the molecule is CC(CS(=O)(=O)Cc1ccc2ccccc2n1)C(=O)O. The molecule has 0 fully saturated rings. The summed E-state index contributed by atoms with van der Waals surface area (Å²) in [5.74, 6) is -2.65. The van der Waals surface area contributed by atoms with Crippen molar-refractivity contribution < 1.29 is 18.3 Å². The maximum absolute atomic E-state index is 11.9. The monoisotopic (exact) mass is 293 g/mol. The molecule has 1 aromatic heterocycles.